The van der Waals surface area contributed by atoms with E-state index in [2.05, 4.69) is 38.7 Å². The van der Waals surface area contributed by atoms with Gasteiger partial charge in [-0.2, -0.15) is 0 Å². The second kappa shape index (κ2) is 7.01. The molecule has 0 bridgehead atoms. The quantitative estimate of drug-likeness (QED) is 0.789. The van der Waals surface area contributed by atoms with Gasteiger partial charge in [-0.25, -0.2) is 0 Å². The first kappa shape index (κ1) is 15.3. The first-order valence-electron chi connectivity index (χ1n) is 6.64. The van der Waals surface area contributed by atoms with Gasteiger partial charge in [0.1, 0.15) is 0 Å². The van der Waals surface area contributed by atoms with Gasteiger partial charge in [-0.15, -0.1) is 0 Å². The van der Waals surface area contributed by atoms with Crippen LogP contribution in [-0.4, -0.2) is 18.0 Å². The normalized spacial score (nSPS) is 11.8. The molecular formula is C15H25ClN2. The molecule has 0 saturated carbocycles. The van der Waals surface area contributed by atoms with Gasteiger partial charge in [0.2, 0.25) is 0 Å². The van der Waals surface area contributed by atoms with Crippen LogP contribution < -0.4 is 5.73 Å². The Kier molecular flexibility index (Phi) is 5.97. The molecule has 0 aliphatic rings. The summed E-state index contributed by atoms with van der Waals surface area (Å²) in [6.45, 7) is 12.2. The van der Waals surface area contributed by atoms with Crippen LogP contribution in [0.25, 0.3) is 0 Å². The Labute approximate surface area is 116 Å². The molecule has 0 aromatic heterocycles. The lowest BCUT2D eigenvalue weighted by atomic mass is 10.1. The van der Waals surface area contributed by atoms with Crippen LogP contribution in [0.5, 0.6) is 0 Å². The maximum Gasteiger partial charge on any atom is 0.0638 e. The van der Waals surface area contributed by atoms with E-state index in [0.717, 1.165) is 19.6 Å². The van der Waals surface area contributed by atoms with Crippen LogP contribution in [0.3, 0.4) is 0 Å². The number of nitrogens with two attached hydrogens (primary N) is 1. The molecule has 0 heterocycles. The van der Waals surface area contributed by atoms with Gasteiger partial charge in [0.05, 0.1) is 10.7 Å². The Balaban J connectivity index is 2.71. The number of benzene rings is 1. The second-order valence-corrected chi connectivity index (χ2v) is 6.24. The Morgan fingerprint density at radius 2 is 1.67 bits per heavy atom. The smallest absolute Gasteiger partial charge is 0.0638 e. The van der Waals surface area contributed by atoms with E-state index in [-0.39, 0.29) is 0 Å². The Morgan fingerprint density at radius 3 is 2.11 bits per heavy atom. The number of nitrogens with zero attached hydrogens (tertiary/aromatic N) is 1. The van der Waals surface area contributed by atoms with E-state index in [9.17, 15) is 0 Å². The van der Waals surface area contributed by atoms with Crippen LogP contribution in [0.4, 0.5) is 5.69 Å². The number of rotatable bonds is 6. The first-order chi connectivity index (χ1) is 8.38. The predicted octanol–water partition coefficient (Wildman–Crippen LogP) is 4.04. The monoisotopic (exact) mass is 268 g/mol. The van der Waals surface area contributed by atoms with Gasteiger partial charge in [0.25, 0.3) is 0 Å². The van der Waals surface area contributed by atoms with Crippen molar-refractivity contribution in [3.63, 3.8) is 0 Å². The van der Waals surface area contributed by atoms with E-state index in [0.29, 0.717) is 22.5 Å². The van der Waals surface area contributed by atoms with Gasteiger partial charge in [0.15, 0.2) is 0 Å². The lowest BCUT2D eigenvalue weighted by molar-refractivity contribution is 0.211. The molecule has 3 heteroatoms. The molecule has 0 fully saturated rings. The van der Waals surface area contributed by atoms with E-state index in [4.69, 9.17) is 17.3 Å². The van der Waals surface area contributed by atoms with Gasteiger partial charge < -0.3 is 5.73 Å². The molecule has 0 spiro atoms. The maximum absolute atomic E-state index is 6.07. The average molecular weight is 269 g/mol. The molecule has 1 aromatic rings. The molecule has 0 unspecified atom stereocenters. The average Bonchev–Trinajstić information content (AvgIpc) is 2.21. The summed E-state index contributed by atoms with van der Waals surface area (Å²) < 4.78 is 0. The van der Waals surface area contributed by atoms with E-state index < -0.39 is 0 Å². The van der Waals surface area contributed by atoms with E-state index in [1.165, 1.54) is 5.56 Å². The molecule has 0 aliphatic heterocycles. The largest absolute Gasteiger partial charge is 0.398 e. The standard InChI is InChI=1S/C15H25ClN2/c1-11(2)8-18(9-12(3)4)10-13-5-6-15(17)14(16)7-13/h5-7,11-12H,8-10,17H2,1-4H3. The maximum atomic E-state index is 6.07. The molecule has 2 nitrogen and oxygen atoms in total. The fourth-order valence-electron chi connectivity index (χ4n) is 2.16. The van der Waals surface area contributed by atoms with Crippen molar-refractivity contribution in [3.8, 4) is 0 Å². The highest BCUT2D eigenvalue weighted by atomic mass is 35.5. The van der Waals surface area contributed by atoms with Crippen LogP contribution in [0, 0.1) is 11.8 Å². The lowest BCUT2D eigenvalue weighted by Crippen LogP contribution is -2.30. The van der Waals surface area contributed by atoms with Crippen LogP contribution in [0.15, 0.2) is 18.2 Å². The topological polar surface area (TPSA) is 29.3 Å². The molecule has 0 saturated heterocycles. The van der Waals surface area contributed by atoms with Crippen LogP contribution >= 0.6 is 11.6 Å². The first-order valence-corrected chi connectivity index (χ1v) is 7.02. The number of hydrogen-bond donors (Lipinski definition) is 1. The minimum atomic E-state index is 0.652. The van der Waals surface area contributed by atoms with Crippen molar-refractivity contribution in [1.29, 1.82) is 0 Å². The summed E-state index contributed by atoms with van der Waals surface area (Å²) in [5, 5.41) is 0.654. The van der Waals surface area contributed by atoms with E-state index in [1.54, 1.807) is 0 Å². The molecule has 0 radical (unpaired) electrons. The van der Waals surface area contributed by atoms with Gasteiger partial charge >= 0.3 is 0 Å². The zero-order chi connectivity index (χ0) is 13.7. The number of nitrogen functional groups attached to an aromatic ring is 1. The summed E-state index contributed by atoms with van der Waals surface area (Å²) in [4.78, 5) is 2.48. The number of anilines is 1. The highest BCUT2D eigenvalue weighted by Gasteiger charge is 2.10. The second-order valence-electron chi connectivity index (χ2n) is 5.84. The van der Waals surface area contributed by atoms with Crippen molar-refractivity contribution >= 4 is 17.3 Å². The minimum Gasteiger partial charge on any atom is -0.398 e. The third-order valence-electron chi connectivity index (χ3n) is 2.72. The van der Waals surface area contributed by atoms with Crippen LogP contribution in [0.2, 0.25) is 5.02 Å². The van der Waals surface area contributed by atoms with Gasteiger partial charge in [-0.1, -0.05) is 45.4 Å². The van der Waals surface area contributed by atoms with Crippen molar-refractivity contribution in [2.24, 2.45) is 11.8 Å². The Morgan fingerprint density at radius 1 is 1.11 bits per heavy atom. The number of hydrogen-bond acceptors (Lipinski definition) is 2. The Bertz CT molecular complexity index is 365. The summed E-state index contributed by atoms with van der Waals surface area (Å²) in [6, 6.07) is 5.93. The molecule has 0 amide bonds. The molecule has 0 atom stereocenters. The highest BCUT2D eigenvalue weighted by Crippen LogP contribution is 2.21. The van der Waals surface area contributed by atoms with Crippen molar-refractivity contribution in [3.05, 3.63) is 28.8 Å². The summed E-state index contributed by atoms with van der Waals surface area (Å²) in [7, 11) is 0. The van der Waals surface area contributed by atoms with Gasteiger partial charge in [0, 0.05) is 19.6 Å². The molecule has 2 N–H and O–H groups in total. The highest BCUT2D eigenvalue weighted by molar-refractivity contribution is 6.33. The van der Waals surface area contributed by atoms with Crippen molar-refractivity contribution in [2.75, 3.05) is 18.8 Å². The Hall–Kier alpha value is -0.730. The van der Waals surface area contributed by atoms with E-state index in [1.807, 2.05) is 12.1 Å². The molecule has 0 aliphatic carbocycles. The summed E-state index contributed by atoms with van der Waals surface area (Å²) in [6.07, 6.45) is 0. The van der Waals surface area contributed by atoms with Gasteiger partial charge in [-0.05, 0) is 29.5 Å². The lowest BCUT2D eigenvalue weighted by Gasteiger charge is -2.26. The zero-order valence-electron chi connectivity index (χ0n) is 11.9. The van der Waals surface area contributed by atoms with Crippen LogP contribution in [0.1, 0.15) is 33.3 Å². The van der Waals surface area contributed by atoms with E-state index >= 15 is 0 Å². The molecule has 102 valence electrons. The van der Waals surface area contributed by atoms with Crippen molar-refractivity contribution in [2.45, 2.75) is 34.2 Å². The third-order valence-corrected chi connectivity index (χ3v) is 3.05. The molecule has 18 heavy (non-hydrogen) atoms. The van der Waals surface area contributed by atoms with Gasteiger partial charge in [-0.3, -0.25) is 4.90 Å². The van der Waals surface area contributed by atoms with Crippen molar-refractivity contribution in [1.82, 2.24) is 4.90 Å². The number of halogens is 1. The minimum absolute atomic E-state index is 0.652. The third kappa shape index (κ3) is 5.28. The fourth-order valence-corrected chi connectivity index (χ4v) is 2.37. The van der Waals surface area contributed by atoms with Crippen LogP contribution in [-0.2, 0) is 6.54 Å². The molecule has 1 aromatic carbocycles. The zero-order valence-corrected chi connectivity index (χ0v) is 12.7. The summed E-state index contributed by atoms with van der Waals surface area (Å²) in [5.41, 5.74) is 7.62. The molecular weight excluding hydrogens is 244 g/mol. The fraction of sp³-hybridized carbons (Fsp3) is 0.600. The predicted molar refractivity (Wildman–Crippen MR) is 80.8 cm³/mol. The van der Waals surface area contributed by atoms with Crippen molar-refractivity contribution < 1.29 is 0 Å². The SMILES string of the molecule is CC(C)CN(Cc1ccc(N)c(Cl)c1)CC(C)C. The summed E-state index contributed by atoms with van der Waals surface area (Å²) in [5.74, 6) is 1.35. The summed E-state index contributed by atoms with van der Waals surface area (Å²) >= 11 is 6.07. The molecule has 1 rings (SSSR count).